The molecule has 31 heavy (non-hydrogen) atoms. The van der Waals surface area contributed by atoms with Gasteiger partial charge in [-0.15, -0.1) is 6.58 Å². The predicted molar refractivity (Wildman–Crippen MR) is 120 cm³/mol. The Kier molecular flexibility index (Phi) is 6.65. The van der Waals surface area contributed by atoms with Crippen LogP contribution >= 0.6 is 0 Å². The van der Waals surface area contributed by atoms with Gasteiger partial charge in [0.1, 0.15) is 17.6 Å². The number of Topliss-reactive ketones (excluding diaryl/α,β-unsaturated/α-hetero) is 1. The number of methoxy groups -OCH3 is 1. The van der Waals surface area contributed by atoms with E-state index < -0.39 is 16.1 Å². The van der Waals surface area contributed by atoms with Crippen LogP contribution in [0.1, 0.15) is 42.4 Å². The van der Waals surface area contributed by atoms with Crippen LogP contribution in [-0.2, 0) is 10.0 Å². The maximum atomic E-state index is 13.8. The summed E-state index contributed by atoms with van der Waals surface area (Å²) in [6.45, 7) is 7.25. The normalized spacial score (nSPS) is 12.2. The molecule has 0 radical (unpaired) electrons. The molecule has 3 aromatic rings. The Morgan fingerprint density at radius 2 is 1.71 bits per heavy atom. The van der Waals surface area contributed by atoms with E-state index in [-0.39, 0.29) is 10.7 Å². The summed E-state index contributed by atoms with van der Waals surface area (Å²) in [6.07, 6.45) is 1.88. The molecule has 3 rings (SSSR count). The zero-order valence-corrected chi connectivity index (χ0v) is 18.6. The van der Waals surface area contributed by atoms with E-state index in [2.05, 4.69) is 6.58 Å². The number of carbonyl (C=O) groups is 1. The average molecular weight is 440 g/mol. The van der Waals surface area contributed by atoms with Crippen molar-refractivity contribution in [1.82, 2.24) is 0 Å². The Bertz CT molecular complexity index is 1150. The van der Waals surface area contributed by atoms with Gasteiger partial charge in [-0.3, -0.25) is 9.10 Å². The average Bonchev–Trinajstić information content (AvgIpc) is 3.28. The number of hydrogen-bond acceptors (Lipinski definition) is 5. The van der Waals surface area contributed by atoms with Gasteiger partial charge in [0, 0.05) is 5.56 Å². The molecule has 0 N–H and O–H groups in total. The van der Waals surface area contributed by atoms with E-state index in [0.717, 1.165) is 5.57 Å². The molecule has 1 unspecified atom stereocenters. The van der Waals surface area contributed by atoms with Crippen molar-refractivity contribution < 1.29 is 22.4 Å². The van der Waals surface area contributed by atoms with Crippen LogP contribution in [0.2, 0.25) is 0 Å². The third-order valence-corrected chi connectivity index (χ3v) is 6.69. The molecule has 0 spiro atoms. The summed E-state index contributed by atoms with van der Waals surface area (Å²) in [4.78, 5) is 11.7. The van der Waals surface area contributed by atoms with Gasteiger partial charge in [-0.25, -0.2) is 8.42 Å². The van der Waals surface area contributed by atoms with Crippen molar-refractivity contribution in [2.45, 2.75) is 31.2 Å². The number of sulfonamides is 1. The molecule has 2 aromatic carbocycles. The molecular weight excluding hydrogens is 414 g/mol. The fourth-order valence-corrected chi connectivity index (χ4v) is 4.92. The largest absolute Gasteiger partial charge is 0.497 e. The molecule has 0 fully saturated rings. The first kappa shape index (κ1) is 22.4. The fraction of sp³-hybridized carbons (Fsp3) is 0.208. The minimum absolute atomic E-state index is 0.0755. The van der Waals surface area contributed by atoms with Crippen LogP contribution in [-0.4, -0.2) is 21.3 Å². The van der Waals surface area contributed by atoms with Crippen molar-refractivity contribution in [3.05, 3.63) is 90.4 Å². The number of ketones is 1. The Morgan fingerprint density at radius 3 is 2.19 bits per heavy atom. The van der Waals surface area contributed by atoms with Crippen molar-refractivity contribution in [2.24, 2.45) is 0 Å². The van der Waals surface area contributed by atoms with Crippen molar-refractivity contribution in [3.63, 3.8) is 0 Å². The van der Waals surface area contributed by atoms with Crippen LogP contribution in [0.25, 0.3) is 0 Å². The van der Waals surface area contributed by atoms with Gasteiger partial charge in [0.15, 0.2) is 5.78 Å². The Hall–Kier alpha value is -3.32. The minimum atomic E-state index is -4.01. The molecule has 0 aliphatic heterocycles. The molecule has 0 bridgehead atoms. The van der Waals surface area contributed by atoms with Gasteiger partial charge in [-0.05, 0) is 68.8 Å². The van der Waals surface area contributed by atoms with E-state index in [1.165, 1.54) is 41.8 Å². The number of nitrogens with zero attached hydrogens (tertiary/aromatic N) is 1. The summed E-state index contributed by atoms with van der Waals surface area (Å²) in [6, 6.07) is 15.5. The predicted octanol–water partition coefficient (Wildman–Crippen LogP) is 5.39. The SMILES string of the molecule is C=C(C)CC(c1ccco1)N(c1ccc(OC)cc1)S(=O)(=O)c1ccc(C(C)=O)cc1. The first-order valence-electron chi connectivity index (χ1n) is 9.71. The molecule has 0 saturated heterocycles. The lowest BCUT2D eigenvalue weighted by atomic mass is 10.1. The van der Waals surface area contributed by atoms with E-state index in [9.17, 15) is 13.2 Å². The Balaban J connectivity index is 2.17. The zero-order valence-electron chi connectivity index (χ0n) is 17.7. The lowest BCUT2D eigenvalue weighted by Crippen LogP contribution is -2.35. The molecule has 0 amide bonds. The van der Waals surface area contributed by atoms with Crippen LogP contribution in [0.3, 0.4) is 0 Å². The van der Waals surface area contributed by atoms with Crippen molar-refractivity contribution >= 4 is 21.5 Å². The summed E-state index contributed by atoms with van der Waals surface area (Å²) in [5.41, 5.74) is 1.71. The molecule has 1 aromatic heterocycles. The molecule has 0 saturated carbocycles. The number of carbonyl (C=O) groups excluding carboxylic acids is 1. The number of hydrogen-bond donors (Lipinski definition) is 0. The van der Waals surface area contributed by atoms with Gasteiger partial charge in [0.2, 0.25) is 0 Å². The Morgan fingerprint density at radius 1 is 1.06 bits per heavy atom. The van der Waals surface area contributed by atoms with Gasteiger partial charge in [0.05, 0.1) is 24.0 Å². The van der Waals surface area contributed by atoms with E-state index in [1.54, 1.807) is 43.5 Å². The lowest BCUT2D eigenvalue weighted by molar-refractivity contribution is 0.101. The second-order valence-electron chi connectivity index (χ2n) is 7.27. The van der Waals surface area contributed by atoms with E-state index in [0.29, 0.717) is 29.2 Å². The highest BCUT2D eigenvalue weighted by Crippen LogP contribution is 2.37. The smallest absolute Gasteiger partial charge is 0.264 e. The zero-order chi connectivity index (χ0) is 22.6. The quantitative estimate of drug-likeness (QED) is 0.330. The van der Waals surface area contributed by atoms with Crippen molar-refractivity contribution in [1.29, 1.82) is 0 Å². The molecule has 6 nitrogen and oxygen atoms in total. The van der Waals surface area contributed by atoms with Crippen LogP contribution in [0.15, 0.2) is 88.4 Å². The number of furan rings is 1. The summed E-state index contributed by atoms with van der Waals surface area (Å²) >= 11 is 0. The topological polar surface area (TPSA) is 76.8 Å². The molecular formula is C24H25NO5S. The molecule has 0 aliphatic rings. The highest BCUT2D eigenvalue weighted by Gasteiger charge is 2.34. The maximum Gasteiger partial charge on any atom is 0.264 e. The highest BCUT2D eigenvalue weighted by atomic mass is 32.2. The summed E-state index contributed by atoms with van der Waals surface area (Å²) in [7, 11) is -2.46. The monoisotopic (exact) mass is 439 g/mol. The van der Waals surface area contributed by atoms with E-state index in [4.69, 9.17) is 9.15 Å². The Labute approximate surface area is 182 Å². The fourth-order valence-electron chi connectivity index (χ4n) is 3.30. The second-order valence-corrected chi connectivity index (χ2v) is 9.09. The van der Waals surface area contributed by atoms with Gasteiger partial charge >= 0.3 is 0 Å². The standard InChI is InChI=1S/C24H25NO5S/c1-17(2)16-23(24-6-5-15-30-24)25(20-9-11-21(29-4)12-10-20)31(27,28)22-13-7-19(8-14-22)18(3)26/h5-15,23H,1,16H2,2-4H3. The molecule has 1 atom stereocenters. The minimum Gasteiger partial charge on any atom is -0.497 e. The summed E-state index contributed by atoms with van der Waals surface area (Å²) in [5, 5.41) is 0. The van der Waals surface area contributed by atoms with Crippen LogP contribution in [0.4, 0.5) is 5.69 Å². The maximum absolute atomic E-state index is 13.8. The van der Waals surface area contributed by atoms with Crippen LogP contribution < -0.4 is 9.04 Å². The van der Waals surface area contributed by atoms with Gasteiger partial charge in [0.25, 0.3) is 10.0 Å². The first-order valence-corrected chi connectivity index (χ1v) is 11.2. The first-order chi connectivity index (χ1) is 14.7. The van der Waals surface area contributed by atoms with Crippen molar-refractivity contribution in [3.8, 4) is 5.75 Å². The van der Waals surface area contributed by atoms with Crippen LogP contribution in [0, 0.1) is 0 Å². The third-order valence-electron chi connectivity index (χ3n) is 4.84. The molecule has 162 valence electrons. The molecule has 7 heteroatoms. The second kappa shape index (κ2) is 9.22. The summed E-state index contributed by atoms with van der Waals surface area (Å²) in [5.74, 6) is 0.982. The molecule has 1 heterocycles. The number of ether oxygens (including phenoxy) is 1. The van der Waals surface area contributed by atoms with Gasteiger partial charge < -0.3 is 9.15 Å². The number of anilines is 1. The van der Waals surface area contributed by atoms with E-state index >= 15 is 0 Å². The number of benzene rings is 2. The van der Waals surface area contributed by atoms with Crippen LogP contribution in [0.5, 0.6) is 5.75 Å². The third kappa shape index (κ3) is 4.88. The lowest BCUT2D eigenvalue weighted by Gasteiger charge is -2.32. The van der Waals surface area contributed by atoms with Crippen molar-refractivity contribution in [2.75, 3.05) is 11.4 Å². The molecule has 0 aliphatic carbocycles. The van der Waals surface area contributed by atoms with E-state index in [1.807, 2.05) is 6.92 Å². The van der Waals surface area contributed by atoms with Gasteiger partial charge in [-0.1, -0.05) is 17.7 Å². The summed E-state index contributed by atoms with van der Waals surface area (Å²) < 4.78 is 39.8. The van der Waals surface area contributed by atoms with Gasteiger partial charge in [-0.2, -0.15) is 0 Å². The number of rotatable bonds is 9. The highest BCUT2D eigenvalue weighted by molar-refractivity contribution is 7.92.